The van der Waals surface area contributed by atoms with E-state index in [1.54, 1.807) is 18.5 Å². The Kier molecular flexibility index (Phi) is 4.07. The highest BCUT2D eigenvalue weighted by Crippen LogP contribution is 2.05. The number of pyridine rings is 1. The minimum atomic E-state index is -0.0415. The Balaban J connectivity index is 2.49. The van der Waals surface area contributed by atoms with Crippen LogP contribution >= 0.6 is 0 Å². The summed E-state index contributed by atoms with van der Waals surface area (Å²) in [4.78, 5) is 15.4. The third-order valence-electron chi connectivity index (χ3n) is 1.89. The summed E-state index contributed by atoms with van der Waals surface area (Å²) in [6, 6.07) is 3.61. The fraction of sp³-hybridized carbons (Fsp3) is 0.400. The number of hydrogen-bond donors (Lipinski definition) is 2. The van der Waals surface area contributed by atoms with Gasteiger partial charge >= 0.3 is 0 Å². The molecule has 0 saturated carbocycles. The van der Waals surface area contributed by atoms with Gasteiger partial charge < -0.3 is 10.6 Å². The van der Waals surface area contributed by atoms with E-state index in [0.717, 1.165) is 5.69 Å². The van der Waals surface area contributed by atoms with E-state index in [2.05, 4.69) is 15.6 Å². The molecule has 0 fully saturated rings. The predicted octanol–water partition coefficient (Wildman–Crippen LogP) is 0.876. The van der Waals surface area contributed by atoms with Crippen LogP contribution in [0.1, 0.15) is 6.92 Å². The Morgan fingerprint density at radius 3 is 3.00 bits per heavy atom. The Labute approximate surface area is 83.7 Å². The Hall–Kier alpha value is -1.42. The van der Waals surface area contributed by atoms with Crippen molar-refractivity contribution in [3.05, 3.63) is 24.5 Å². The van der Waals surface area contributed by atoms with E-state index < -0.39 is 0 Å². The lowest BCUT2D eigenvalue weighted by atomic mass is 10.1. The number of carbonyl (C=O) groups excluding carboxylic acids is 1. The smallest absolute Gasteiger partial charge is 0.228 e. The Morgan fingerprint density at radius 2 is 2.43 bits per heavy atom. The minimum Gasteiger partial charge on any atom is -0.324 e. The van der Waals surface area contributed by atoms with Crippen LogP contribution in [0.3, 0.4) is 0 Å². The predicted molar refractivity (Wildman–Crippen MR) is 56.0 cm³/mol. The molecular weight excluding hydrogens is 178 g/mol. The quantitative estimate of drug-likeness (QED) is 0.746. The summed E-state index contributed by atoms with van der Waals surface area (Å²) in [6.07, 6.45) is 3.30. The molecule has 1 atom stereocenters. The van der Waals surface area contributed by atoms with Crippen molar-refractivity contribution in [1.82, 2.24) is 10.3 Å². The molecule has 4 nitrogen and oxygen atoms in total. The molecule has 0 aromatic carbocycles. The van der Waals surface area contributed by atoms with E-state index in [0.29, 0.717) is 6.54 Å². The zero-order valence-electron chi connectivity index (χ0n) is 8.45. The average Bonchev–Trinajstić information content (AvgIpc) is 2.19. The largest absolute Gasteiger partial charge is 0.324 e. The second kappa shape index (κ2) is 5.34. The Morgan fingerprint density at radius 1 is 1.64 bits per heavy atom. The number of carbonyl (C=O) groups is 1. The number of anilines is 1. The summed E-state index contributed by atoms with van der Waals surface area (Å²) in [5.74, 6) is -0.0347. The van der Waals surface area contributed by atoms with Gasteiger partial charge in [0.1, 0.15) is 0 Å². The minimum absolute atomic E-state index is 0.00681. The molecule has 0 spiro atoms. The molecule has 14 heavy (non-hydrogen) atoms. The van der Waals surface area contributed by atoms with Crippen LogP contribution in [-0.2, 0) is 4.79 Å². The summed E-state index contributed by atoms with van der Waals surface area (Å²) >= 11 is 0. The van der Waals surface area contributed by atoms with Crippen molar-refractivity contribution in [2.75, 3.05) is 18.9 Å². The lowest BCUT2D eigenvalue weighted by molar-refractivity contribution is -0.119. The molecule has 4 heteroatoms. The number of nitrogens with zero attached hydrogens (tertiary/aromatic N) is 1. The molecular formula is C10H15N3O. The van der Waals surface area contributed by atoms with Crippen LogP contribution < -0.4 is 10.6 Å². The van der Waals surface area contributed by atoms with Crippen molar-refractivity contribution < 1.29 is 4.79 Å². The van der Waals surface area contributed by atoms with E-state index >= 15 is 0 Å². The summed E-state index contributed by atoms with van der Waals surface area (Å²) in [6.45, 7) is 2.55. The topological polar surface area (TPSA) is 54.0 Å². The van der Waals surface area contributed by atoms with Gasteiger partial charge in [0, 0.05) is 18.7 Å². The molecule has 1 aromatic heterocycles. The third kappa shape index (κ3) is 3.14. The summed E-state index contributed by atoms with van der Waals surface area (Å²) < 4.78 is 0. The lowest BCUT2D eigenvalue weighted by Crippen LogP contribution is -2.28. The van der Waals surface area contributed by atoms with E-state index in [1.807, 2.05) is 20.0 Å². The molecule has 1 unspecified atom stereocenters. The maximum atomic E-state index is 11.5. The van der Waals surface area contributed by atoms with Crippen molar-refractivity contribution >= 4 is 11.6 Å². The van der Waals surface area contributed by atoms with E-state index in [9.17, 15) is 4.79 Å². The van der Waals surface area contributed by atoms with E-state index in [-0.39, 0.29) is 11.8 Å². The van der Waals surface area contributed by atoms with Crippen LogP contribution in [0.5, 0.6) is 0 Å². The van der Waals surface area contributed by atoms with Gasteiger partial charge in [-0.05, 0) is 19.2 Å². The first-order valence-corrected chi connectivity index (χ1v) is 4.59. The molecule has 0 saturated heterocycles. The van der Waals surface area contributed by atoms with Gasteiger partial charge in [-0.25, -0.2) is 0 Å². The maximum absolute atomic E-state index is 11.5. The third-order valence-corrected chi connectivity index (χ3v) is 1.89. The SMILES string of the molecule is CNCC(C)C(=O)Nc1cccnc1. The molecule has 2 N–H and O–H groups in total. The first-order valence-electron chi connectivity index (χ1n) is 4.59. The van der Waals surface area contributed by atoms with Crippen LogP contribution in [0.2, 0.25) is 0 Å². The highest BCUT2D eigenvalue weighted by molar-refractivity contribution is 5.92. The lowest BCUT2D eigenvalue weighted by Gasteiger charge is -2.10. The van der Waals surface area contributed by atoms with Crippen molar-refractivity contribution in [1.29, 1.82) is 0 Å². The first-order chi connectivity index (χ1) is 6.74. The van der Waals surface area contributed by atoms with Crippen LogP contribution in [0.25, 0.3) is 0 Å². The maximum Gasteiger partial charge on any atom is 0.228 e. The molecule has 0 aliphatic rings. The van der Waals surface area contributed by atoms with Crippen molar-refractivity contribution in [3.8, 4) is 0 Å². The molecule has 1 rings (SSSR count). The normalized spacial score (nSPS) is 12.1. The summed E-state index contributed by atoms with van der Waals surface area (Å²) in [5, 5.41) is 5.74. The number of nitrogens with one attached hydrogen (secondary N) is 2. The number of hydrogen-bond acceptors (Lipinski definition) is 3. The molecule has 1 amide bonds. The zero-order chi connectivity index (χ0) is 10.4. The van der Waals surface area contributed by atoms with Gasteiger partial charge in [-0.3, -0.25) is 9.78 Å². The van der Waals surface area contributed by atoms with Gasteiger partial charge in [0.2, 0.25) is 5.91 Å². The van der Waals surface area contributed by atoms with E-state index in [4.69, 9.17) is 0 Å². The van der Waals surface area contributed by atoms with Gasteiger partial charge in [-0.2, -0.15) is 0 Å². The standard InChI is InChI=1S/C10H15N3O/c1-8(6-11-2)10(14)13-9-4-3-5-12-7-9/h3-5,7-8,11H,6H2,1-2H3,(H,13,14). The molecule has 0 radical (unpaired) electrons. The monoisotopic (exact) mass is 193 g/mol. The van der Waals surface area contributed by atoms with Gasteiger partial charge in [0.25, 0.3) is 0 Å². The molecule has 76 valence electrons. The highest BCUT2D eigenvalue weighted by Gasteiger charge is 2.11. The van der Waals surface area contributed by atoms with E-state index in [1.165, 1.54) is 0 Å². The van der Waals surface area contributed by atoms with Crippen LogP contribution in [-0.4, -0.2) is 24.5 Å². The van der Waals surface area contributed by atoms with Crippen LogP contribution in [0.15, 0.2) is 24.5 Å². The number of rotatable bonds is 4. The molecule has 1 aromatic rings. The summed E-state index contributed by atoms with van der Waals surface area (Å²) in [5.41, 5.74) is 0.737. The number of aromatic nitrogens is 1. The van der Waals surface area contributed by atoms with Crippen LogP contribution in [0, 0.1) is 5.92 Å². The molecule has 1 heterocycles. The van der Waals surface area contributed by atoms with Crippen molar-refractivity contribution in [2.24, 2.45) is 5.92 Å². The Bertz CT molecular complexity index is 287. The molecule has 0 aliphatic carbocycles. The van der Waals surface area contributed by atoms with Gasteiger partial charge in [0.15, 0.2) is 0 Å². The molecule has 0 aliphatic heterocycles. The number of amides is 1. The second-order valence-electron chi connectivity index (χ2n) is 3.19. The van der Waals surface area contributed by atoms with Crippen molar-refractivity contribution in [3.63, 3.8) is 0 Å². The van der Waals surface area contributed by atoms with Gasteiger partial charge in [-0.1, -0.05) is 6.92 Å². The average molecular weight is 193 g/mol. The van der Waals surface area contributed by atoms with Crippen molar-refractivity contribution in [2.45, 2.75) is 6.92 Å². The fourth-order valence-electron chi connectivity index (χ4n) is 1.10. The van der Waals surface area contributed by atoms with Crippen LogP contribution in [0.4, 0.5) is 5.69 Å². The first kappa shape index (κ1) is 10.7. The second-order valence-corrected chi connectivity index (χ2v) is 3.19. The zero-order valence-corrected chi connectivity index (χ0v) is 8.45. The fourth-order valence-corrected chi connectivity index (χ4v) is 1.10. The molecule has 0 bridgehead atoms. The highest BCUT2D eigenvalue weighted by atomic mass is 16.1. The van der Waals surface area contributed by atoms with Gasteiger partial charge in [-0.15, -0.1) is 0 Å². The van der Waals surface area contributed by atoms with Gasteiger partial charge in [0.05, 0.1) is 11.9 Å². The summed E-state index contributed by atoms with van der Waals surface area (Å²) in [7, 11) is 1.83.